The number of fused-ring (bicyclic) bond motifs is 1. The molecule has 0 saturated heterocycles. The lowest BCUT2D eigenvalue weighted by atomic mass is 9.93. The zero-order valence-electron chi connectivity index (χ0n) is 17.8. The molecule has 31 heavy (non-hydrogen) atoms. The average molecular weight is 416 g/mol. The molecule has 0 radical (unpaired) electrons. The number of nitrogens with zero attached hydrogens (tertiary/aromatic N) is 2. The van der Waals surface area contributed by atoms with Gasteiger partial charge in [-0.05, 0) is 56.9 Å². The number of furan rings is 1. The predicted octanol–water partition coefficient (Wildman–Crippen LogP) is 4.32. The van der Waals surface area contributed by atoms with Crippen LogP contribution in [0.15, 0.2) is 52.1 Å². The highest BCUT2D eigenvalue weighted by Gasteiger charge is 2.28. The molecule has 1 aliphatic rings. The lowest BCUT2D eigenvalue weighted by Gasteiger charge is -2.13. The van der Waals surface area contributed by atoms with E-state index in [-0.39, 0.29) is 17.6 Å². The first-order chi connectivity index (χ1) is 14.9. The molecule has 2 amide bonds. The van der Waals surface area contributed by atoms with E-state index in [9.17, 15) is 9.59 Å². The molecule has 0 bridgehead atoms. The van der Waals surface area contributed by atoms with Gasteiger partial charge in [0.2, 0.25) is 0 Å². The highest BCUT2D eigenvalue weighted by molar-refractivity contribution is 6.09. The highest BCUT2D eigenvalue weighted by atomic mass is 16.4. The zero-order chi connectivity index (χ0) is 22.0. The molecule has 158 valence electrons. The Labute approximate surface area is 180 Å². The summed E-state index contributed by atoms with van der Waals surface area (Å²) >= 11 is 0. The molecule has 1 aromatic carbocycles. The van der Waals surface area contributed by atoms with Crippen molar-refractivity contribution in [3.05, 3.63) is 81.9 Å². The molecular weight excluding hydrogens is 392 g/mol. The Bertz CT molecular complexity index is 1180. The summed E-state index contributed by atoms with van der Waals surface area (Å²) in [5.74, 6) is 0.805. The Morgan fingerprint density at radius 1 is 1.03 bits per heavy atom. The number of amides is 2. The SMILES string of the molecule is Cc1ccc(NC(=O)c2oc3c(c2C)/C(=N/NC(=O)c2ccccc2C)CCC3)nc1. The molecule has 7 nitrogen and oxygen atoms in total. The molecule has 0 unspecified atom stereocenters. The van der Waals surface area contributed by atoms with Gasteiger partial charge in [0.25, 0.3) is 11.8 Å². The smallest absolute Gasteiger partial charge is 0.292 e. The highest BCUT2D eigenvalue weighted by Crippen LogP contribution is 2.30. The normalized spacial score (nSPS) is 14.2. The number of nitrogens with one attached hydrogen (secondary N) is 2. The number of benzene rings is 1. The van der Waals surface area contributed by atoms with E-state index >= 15 is 0 Å². The molecular formula is C24H24N4O3. The Hall–Kier alpha value is -3.74. The minimum Gasteiger partial charge on any atom is -0.455 e. The third-order valence-electron chi connectivity index (χ3n) is 5.37. The molecule has 4 rings (SSSR count). The molecule has 0 fully saturated rings. The van der Waals surface area contributed by atoms with Gasteiger partial charge in [-0.2, -0.15) is 5.10 Å². The number of rotatable bonds is 4. The van der Waals surface area contributed by atoms with E-state index in [0.29, 0.717) is 23.4 Å². The molecule has 7 heteroatoms. The maximum atomic E-state index is 12.8. The molecule has 0 atom stereocenters. The summed E-state index contributed by atoms with van der Waals surface area (Å²) in [6.45, 7) is 5.65. The van der Waals surface area contributed by atoms with Crippen LogP contribution in [0.25, 0.3) is 0 Å². The Balaban J connectivity index is 1.57. The fourth-order valence-corrected chi connectivity index (χ4v) is 3.72. The van der Waals surface area contributed by atoms with Crippen LogP contribution in [0.2, 0.25) is 0 Å². The predicted molar refractivity (Wildman–Crippen MR) is 118 cm³/mol. The topological polar surface area (TPSA) is 96.6 Å². The summed E-state index contributed by atoms with van der Waals surface area (Å²) in [7, 11) is 0. The molecule has 2 N–H and O–H groups in total. The molecule has 3 aromatic rings. The van der Waals surface area contributed by atoms with Crippen LogP contribution >= 0.6 is 0 Å². The molecule has 0 aliphatic heterocycles. The first-order valence-corrected chi connectivity index (χ1v) is 10.2. The fraction of sp³-hybridized carbons (Fsp3) is 0.250. The minimum atomic E-state index is -0.355. The summed E-state index contributed by atoms with van der Waals surface area (Å²) in [6.07, 6.45) is 3.94. The second-order valence-electron chi connectivity index (χ2n) is 7.70. The monoisotopic (exact) mass is 416 g/mol. The van der Waals surface area contributed by atoms with E-state index in [1.54, 1.807) is 18.3 Å². The van der Waals surface area contributed by atoms with E-state index < -0.39 is 0 Å². The molecule has 2 aromatic heterocycles. The number of aromatic nitrogens is 1. The lowest BCUT2D eigenvalue weighted by Crippen LogP contribution is -2.22. The first kappa shape index (κ1) is 20.5. The van der Waals surface area contributed by atoms with Crippen molar-refractivity contribution in [1.82, 2.24) is 10.4 Å². The quantitative estimate of drug-likeness (QED) is 0.619. The van der Waals surface area contributed by atoms with Gasteiger partial charge < -0.3 is 9.73 Å². The third-order valence-corrected chi connectivity index (χ3v) is 5.37. The van der Waals surface area contributed by atoms with Gasteiger partial charge >= 0.3 is 0 Å². The molecule has 1 aliphatic carbocycles. The summed E-state index contributed by atoms with van der Waals surface area (Å²) in [5.41, 5.74) is 7.37. The van der Waals surface area contributed by atoms with E-state index in [2.05, 4.69) is 20.8 Å². The number of carbonyl (C=O) groups excluding carboxylic acids is 2. The number of carbonyl (C=O) groups is 2. The molecule has 0 saturated carbocycles. The van der Waals surface area contributed by atoms with Crippen LogP contribution in [0.3, 0.4) is 0 Å². The summed E-state index contributed by atoms with van der Waals surface area (Å²) in [6, 6.07) is 11.0. The first-order valence-electron chi connectivity index (χ1n) is 10.2. The number of pyridine rings is 1. The van der Waals surface area contributed by atoms with Crippen molar-refractivity contribution < 1.29 is 14.0 Å². The van der Waals surface area contributed by atoms with Gasteiger partial charge in [0.1, 0.15) is 11.6 Å². The van der Waals surface area contributed by atoms with Crippen LogP contribution < -0.4 is 10.7 Å². The maximum absolute atomic E-state index is 12.8. The van der Waals surface area contributed by atoms with Crippen LogP contribution in [-0.2, 0) is 6.42 Å². The standard InChI is InChI=1S/C24H24N4O3/c1-14-11-12-20(25-13-14)26-24(30)22-16(3)21-18(9-6-10-19(21)31-22)27-28-23(29)17-8-5-4-7-15(17)2/h4-5,7-8,11-13H,6,9-10H2,1-3H3,(H,28,29)(H,25,26,30)/b27-18+. The lowest BCUT2D eigenvalue weighted by molar-refractivity contribution is 0.0952. The van der Waals surface area contributed by atoms with Gasteiger partial charge in [0.15, 0.2) is 5.76 Å². The zero-order valence-corrected chi connectivity index (χ0v) is 17.8. The van der Waals surface area contributed by atoms with Crippen LogP contribution in [0.1, 0.15) is 61.8 Å². The van der Waals surface area contributed by atoms with Crippen LogP contribution in [0.4, 0.5) is 5.82 Å². The second-order valence-corrected chi connectivity index (χ2v) is 7.70. The average Bonchev–Trinajstić information content (AvgIpc) is 3.11. The van der Waals surface area contributed by atoms with Crippen molar-refractivity contribution in [3.63, 3.8) is 0 Å². The van der Waals surface area contributed by atoms with Crippen molar-refractivity contribution in [3.8, 4) is 0 Å². The van der Waals surface area contributed by atoms with E-state index in [1.807, 2.05) is 45.0 Å². The van der Waals surface area contributed by atoms with Crippen molar-refractivity contribution >= 4 is 23.3 Å². The number of hydrogen-bond donors (Lipinski definition) is 2. The number of hydrazone groups is 1. The van der Waals surface area contributed by atoms with Gasteiger partial charge in [0.05, 0.1) is 5.71 Å². The van der Waals surface area contributed by atoms with Crippen molar-refractivity contribution in [2.24, 2.45) is 5.10 Å². The van der Waals surface area contributed by atoms with Gasteiger partial charge in [-0.25, -0.2) is 10.4 Å². The maximum Gasteiger partial charge on any atom is 0.292 e. The number of hydrogen-bond acceptors (Lipinski definition) is 5. The Morgan fingerprint density at radius 3 is 2.58 bits per heavy atom. The summed E-state index contributed by atoms with van der Waals surface area (Å²) in [5, 5.41) is 7.16. The fourth-order valence-electron chi connectivity index (χ4n) is 3.72. The van der Waals surface area contributed by atoms with Gasteiger partial charge in [-0.1, -0.05) is 24.3 Å². The molecule has 2 heterocycles. The van der Waals surface area contributed by atoms with Crippen molar-refractivity contribution in [2.75, 3.05) is 5.32 Å². The van der Waals surface area contributed by atoms with E-state index in [0.717, 1.165) is 41.0 Å². The van der Waals surface area contributed by atoms with Gasteiger partial charge in [-0.3, -0.25) is 9.59 Å². The van der Waals surface area contributed by atoms with Gasteiger partial charge in [-0.15, -0.1) is 0 Å². The number of aryl methyl sites for hydroxylation is 3. The molecule has 0 spiro atoms. The third kappa shape index (κ3) is 4.26. The Morgan fingerprint density at radius 2 is 1.84 bits per heavy atom. The largest absolute Gasteiger partial charge is 0.455 e. The van der Waals surface area contributed by atoms with E-state index in [1.165, 1.54) is 0 Å². The van der Waals surface area contributed by atoms with Crippen molar-refractivity contribution in [2.45, 2.75) is 40.0 Å². The van der Waals surface area contributed by atoms with Crippen LogP contribution in [0, 0.1) is 20.8 Å². The summed E-state index contributed by atoms with van der Waals surface area (Å²) < 4.78 is 5.90. The van der Waals surface area contributed by atoms with Crippen LogP contribution in [0.5, 0.6) is 0 Å². The Kier molecular flexibility index (Phi) is 5.66. The summed E-state index contributed by atoms with van der Waals surface area (Å²) in [4.78, 5) is 29.5. The number of anilines is 1. The van der Waals surface area contributed by atoms with Gasteiger partial charge in [0, 0.05) is 29.3 Å². The van der Waals surface area contributed by atoms with Crippen molar-refractivity contribution in [1.29, 1.82) is 0 Å². The second kappa shape index (κ2) is 8.55. The minimum absolute atomic E-state index is 0.243. The van der Waals surface area contributed by atoms with Crippen LogP contribution in [-0.4, -0.2) is 22.5 Å². The van der Waals surface area contributed by atoms with E-state index in [4.69, 9.17) is 4.42 Å².